The Kier molecular flexibility index (Phi) is 4.69. The number of ether oxygens (including phenoxy) is 1. The van der Waals surface area contributed by atoms with E-state index in [9.17, 15) is 14.7 Å². The number of carbonyl (C=O) groups excluding carboxylic acids is 1. The number of aromatic nitrogens is 2. The standard InChI is InChI=1S/C17H21N3O4/c1-5-6-19-9-13(21)20(16(19)23)10-24-15(22)14-12(17(14,3)4)7-11(2)8-18/h5,7,9,12,14,21H,1,6,10H2,2-4H3. The molecule has 2 unspecified atom stereocenters. The summed E-state index contributed by atoms with van der Waals surface area (Å²) in [5, 5.41) is 18.6. The van der Waals surface area contributed by atoms with Crippen molar-refractivity contribution in [3.63, 3.8) is 0 Å². The molecule has 7 heteroatoms. The van der Waals surface area contributed by atoms with E-state index in [1.54, 1.807) is 13.0 Å². The van der Waals surface area contributed by atoms with Crippen LogP contribution >= 0.6 is 0 Å². The molecule has 1 saturated carbocycles. The fourth-order valence-corrected chi connectivity index (χ4v) is 2.87. The number of nitrogens with zero attached hydrogens (tertiary/aromatic N) is 3. The summed E-state index contributed by atoms with van der Waals surface area (Å²) < 4.78 is 7.44. The molecule has 1 aromatic heterocycles. The van der Waals surface area contributed by atoms with Crippen molar-refractivity contribution in [2.24, 2.45) is 17.3 Å². The van der Waals surface area contributed by atoms with Crippen LogP contribution in [-0.4, -0.2) is 20.2 Å². The normalized spacial score (nSPS) is 21.8. The molecular weight excluding hydrogens is 310 g/mol. The maximum atomic E-state index is 12.3. The quantitative estimate of drug-likeness (QED) is 0.487. The molecule has 1 fully saturated rings. The molecule has 24 heavy (non-hydrogen) atoms. The molecule has 1 aliphatic rings. The van der Waals surface area contributed by atoms with Gasteiger partial charge in [0.15, 0.2) is 6.73 Å². The maximum Gasteiger partial charge on any atom is 0.334 e. The van der Waals surface area contributed by atoms with Crippen molar-refractivity contribution < 1.29 is 14.6 Å². The number of allylic oxidation sites excluding steroid dienone is 3. The minimum atomic E-state index is -0.480. The molecule has 0 radical (unpaired) electrons. The number of carbonyl (C=O) groups is 1. The molecule has 2 atom stereocenters. The Balaban J connectivity index is 2.06. The second-order valence-electron chi connectivity index (χ2n) is 6.52. The van der Waals surface area contributed by atoms with Crippen molar-refractivity contribution in [3.05, 3.63) is 41.0 Å². The van der Waals surface area contributed by atoms with Gasteiger partial charge in [0.05, 0.1) is 18.2 Å². The van der Waals surface area contributed by atoms with E-state index in [2.05, 4.69) is 6.58 Å². The first kappa shape index (κ1) is 17.6. The van der Waals surface area contributed by atoms with Gasteiger partial charge < -0.3 is 9.84 Å². The molecule has 128 valence electrons. The Morgan fingerprint density at radius 1 is 1.58 bits per heavy atom. The van der Waals surface area contributed by atoms with Crippen LogP contribution < -0.4 is 5.69 Å². The molecular formula is C17H21N3O4. The topological polar surface area (TPSA) is 97.2 Å². The zero-order valence-electron chi connectivity index (χ0n) is 14.0. The summed E-state index contributed by atoms with van der Waals surface area (Å²) in [6.07, 6.45) is 4.56. The highest BCUT2D eigenvalue weighted by Crippen LogP contribution is 2.59. The molecule has 0 saturated heterocycles. The Bertz CT molecular complexity index is 792. The van der Waals surface area contributed by atoms with Crippen molar-refractivity contribution in [1.82, 2.24) is 9.13 Å². The number of aromatic hydroxyl groups is 1. The van der Waals surface area contributed by atoms with Gasteiger partial charge in [-0.3, -0.25) is 9.36 Å². The smallest absolute Gasteiger partial charge is 0.334 e. The van der Waals surface area contributed by atoms with Crippen LogP contribution in [0.5, 0.6) is 5.88 Å². The van der Waals surface area contributed by atoms with Crippen molar-refractivity contribution in [3.8, 4) is 11.9 Å². The average molecular weight is 331 g/mol. The van der Waals surface area contributed by atoms with Crippen LogP contribution in [0.3, 0.4) is 0 Å². The number of rotatable bonds is 6. The van der Waals surface area contributed by atoms with Crippen LogP contribution in [0.25, 0.3) is 0 Å². The van der Waals surface area contributed by atoms with Crippen LogP contribution in [0.4, 0.5) is 0 Å². The number of hydrogen-bond acceptors (Lipinski definition) is 5. The number of esters is 1. The van der Waals surface area contributed by atoms with Gasteiger partial charge in [-0.05, 0) is 18.3 Å². The average Bonchev–Trinajstić information content (AvgIpc) is 2.94. The summed E-state index contributed by atoms with van der Waals surface area (Å²) in [5.74, 6) is -1.16. The molecule has 0 amide bonds. The highest BCUT2D eigenvalue weighted by molar-refractivity contribution is 5.78. The van der Waals surface area contributed by atoms with Crippen molar-refractivity contribution in [1.29, 1.82) is 5.26 Å². The van der Waals surface area contributed by atoms with E-state index in [1.807, 2.05) is 19.9 Å². The SMILES string of the molecule is C=CCn1cc(O)n(COC(=O)C2C(C=C(C)C#N)C2(C)C)c1=O. The number of hydrogen-bond donors (Lipinski definition) is 1. The summed E-state index contributed by atoms with van der Waals surface area (Å²) in [6, 6.07) is 2.04. The molecule has 0 bridgehead atoms. The van der Waals surface area contributed by atoms with Crippen LogP contribution in [-0.2, 0) is 22.8 Å². The first-order chi connectivity index (χ1) is 11.2. The van der Waals surface area contributed by atoms with E-state index in [-0.39, 0.29) is 36.4 Å². The van der Waals surface area contributed by atoms with E-state index < -0.39 is 11.7 Å². The van der Waals surface area contributed by atoms with E-state index in [1.165, 1.54) is 16.8 Å². The molecule has 0 aromatic carbocycles. The number of nitriles is 1. The van der Waals surface area contributed by atoms with Crippen LogP contribution in [0, 0.1) is 28.6 Å². The summed E-state index contributed by atoms with van der Waals surface area (Å²) in [4.78, 5) is 24.3. The molecule has 0 spiro atoms. The molecule has 2 rings (SSSR count). The zero-order valence-corrected chi connectivity index (χ0v) is 14.0. The molecule has 1 heterocycles. The molecule has 1 aromatic rings. The van der Waals surface area contributed by atoms with E-state index >= 15 is 0 Å². The Hall–Kier alpha value is -2.75. The third kappa shape index (κ3) is 3.13. The fourth-order valence-electron chi connectivity index (χ4n) is 2.87. The summed E-state index contributed by atoms with van der Waals surface area (Å²) in [7, 11) is 0. The third-order valence-corrected chi connectivity index (χ3v) is 4.46. The molecule has 1 aliphatic carbocycles. The van der Waals surface area contributed by atoms with E-state index in [0.29, 0.717) is 5.57 Å². The minimum Gasteiger partial charge on any atom is -0.493 e. The summed E-state index contributed by atoms with van der Waals surface area (Å²) in [5.41, 5.74) is -0.220. The zero-order chi connectivity index (χ0) is 18.1. The van der Waals surface area contributed by atoms with Crippen LogP contribution in [0.2, 0.25) is 0 Å². The lowest BCUT2D eigenvalue weighted by molar-refractivity contribution is -0.150. The predicted molar refractivity (Wildman–Crippen MR) is 86.8 cm³/mol. The van der Waals surface area contributed by atoms with Crippen LogP contribution in [0.1, 0.15) is 20.8 Å². The van der Waals surface area contributed by atoms with Gasteiger partial charge in [0.1, 0.15) is 0 Å². The van der Waals surface area contributed by atoms with Crippen LogP contribution in [0.15, 0.2) is 35.3 Å². The summed E-state index contributed by atoms with van der Waals surface area (Å²) >= 11 is 0. The second-order valence-corrected chi connectivity index (χ2v) is 6.52. The monoisotopic (exact) mass is 331 g/mol. The largest absolute Gasteiger partial charge is 0.493 e. The van der Waals surface area contributed by atoms with Gasteiger partial charge in [-0.2, -0.15) is 5.26 Å². The Morgan fingerprint density at radius 3 is 2.83 bits per heavy atom. The van der Waals surface area contributed by atoms with Gasteiger partial charge in [0.2, 0.25) is 5.88 Å². The first-order valence-corrected chi connectivity index (χ1v) is 7.59. The molecule has 7 nitrogen and oxygen atoms in total. The fraction of sp³-hybridized carbons (Fsp3) is 0.471. The predicted octanol–water partition coefficient (Wildman–Crippen LogP) is 1.78. The van der Waals surface area contributed by atoms with Gasteiger partial charge in [-0.15, -0.1) is 6.58 Å². The van der Waals surface area contributed by atoms with E-state index in [0.717, 1.165) is 4.57 Å². The van der Waals surface area contributed by atoms with Crippen molar-refractivity contribution in [2.45, 2.75) is 34.0 Å². The minimum absolute atomic E-state index is 0.0691. The summed E-state index contributed by atoms with van der Waals surface area (Å²) in [6.45, 7) is 8.97. The van der Waals surface area contributed by atoms with Gasteiger partial charge in [0, 0.05) is 12.1 Å². The van der Waals surface area contributed by atoms with E-state index in [4.69, 9.17) is 10.00 Å². The molecule has 1 N–H and O–H groups in total. The lowest BCUT2D eigenvalue weighted by atomic mass is 10.1. The second kappa shape index (κ2) is 6.40. The van der Waals surface area contributed by atoms with Gasteiger partial charge in [0.25, 0.3) is 0 Å². The first-order valence-electron chi connectivity index (χ1n) is 7.59. The van der Waals surface area contributed by atoms with Crippen molar-refractivity contribution in [2.75, 3.05) is 0 Å². The third-order valence-electron chi connectivity index (χ3n) is 4.46. The highest BCUT2D eigenvalue weighted by Gasteiger charge is 2.61. The van der Waals surface area contributed by atoms with Gasteiger partial charge >= 0.3 is 11.7 Å². The Morgan fingerprint density at radius 2 is 2.25 bits per heavy atom. The van der Waals surface area contributed by atoms with Gasteiger partial charge in [-0.25, -0.2) is 9.36 Å². The highest BCUT2D eigenvalue weighted by atomic mass is 16.5. The Labute approximate surface area is 140 Å². The van der Waals surface area contributed by atoms with Crippen molar-refractivity contribution >= 4 is 5.97 Å². The lowest BCUT2D eigenvalue weighted by Gasteiger charge is -2.06. The molecule has 0 aliphatic heterocycles. The maximum absolute atomic E-state index is 12.3. The number of imidazole rings is 1. The van der Waals surface area contributed by atoms with Gasteiger partial charge in [-0.1, -0.05) is 26.0 Å². The lowest BCUT2D eigenvalue weighted by Crippen LogP contribution is -2.26.